The van der Waals surface area contributed by atoms with E-state index in [1.165, 1.54) is 24.3 Å². The third-order valence-corrected chi connectivity index (χ3v) is 5.55. The number of carbonyl (C=O) groups excluding carboxylic acids is 2. The second kappa shape index (κ2) is 8.97. The van der Waals surface area contributed by atoms with E-state index in [0.29, 0.717) is 0 Å². The van der Waals surface area contributed by atoms with Crippen molar-refractivity contribution in [2.75, 3.05) is 6.61 Å². The molecule has 0 saturated carbocycles. The van der Waals surface area contributed by atoms with E-state index in [2.05, 4.69) is 10.0 Å². The van der Waals surface area contributed by atoms with Gasteiger partial charge in [-0.25, -0.2) is 17.9 Å². The second-order valence-electron chi connectivity index (χ2n) is 6.90. The Bertz CT molecular complexity index is 843. The first-order valence-electron chi connectivity index (χ1n) is 8.43. The average Bonchev–Trinajstić information content (AvgIpc) is 2.58. The van der Waals surface area contributed by atoms with Gasteiger partial charge in [-0.15, -0.1) is 0 Å². The molecular weight excluding hydrogens is 370 g/mol. The van der Waals surface area contributed by atoms with Crippen LogP contribution in [0.5, 0.6) is 0 Å². The van der Waals surface area contributed by atoms with Crippen LogP contribution in [0.15, 0.2) is 29.2 Å². The van der Waals surface area contributed by atoms with Crippen molar-refractivity contribution >= 4 is 21.9 Å². The van der Waals surface area contributed by atoms with E-state index in [1.807, 2.05) is 6.07 Å². The van der Waals surface area contributed by atoms with E-state index in [9.17, 15) is 23.3 Å². The number of amides is 1. The van der Waals surface area contributed by atoms with Crippen molar-refractivity contribution in [3.8, 4) is 6.07 Å². The number of rotatable bonds is 8. The lowest BCUT2D eigenvalue weighted by atomic mass is 9.90. The zero-order valence-corrected chi connectivity index (χ0v) is 16.9. The van der Waals surface area contributed by atoms with Gasteiger partial charge in [0.25, 0.3) is 5.91 Å². The van der Waals surface area contributed by atoms with Crippen LogP contribution in [-0.2, 0) is 19.6 Å². The Morgan fingerprint density at radius 2 is 1.89 bits per heavy atom. The summed E-state index contributed by atoms with van der Waals surface area (Å²) in [7, 11) is -3.76. The number of ether oxygens (including phenoxy) is 1. The van der Waals surface area contributed by atoms with Crippen molar-refractivity contribution in [2.24, 2.45) is 5.92 Å². The predicted octanol–water partition coefficient (Wildman–Crippen LogP) is 1.58. The maximum absolute atomic E-state index is 12.2. The number of esters is 1. The lowest BCUT2D eigenvalue weighted by Gasteiger charge is -2.27. The highest BCUT2D eigenvalue weighted by atomic mass is 32.2. The molecule has 1 aromatic carbocycles. The molecule has 0 fully saturated rings. The smallest absolute Gasteiger partial charge is 0.338 e. The van der Waals surface area contributed by atoms with Gasteiger partial charge < -0.3 is 10.1 Å². The third kappa shape index (κ3) is 6.34. The Labute approximate surface area is 160 Å². The van der Waals surface area contributed by atoms with Crippen LogP contribution in [0.25, 0.3) is 0 Å². The van der Waals surface area contributed by atoms with Crippen molar-refractivity contribution < 1.29 is 22.7 Å². The fraction of sp³-hybridized carbons (Fsp3) is 0.500. The molecule has 0 aromatic heterocycles. The van der Waals surface area contributed by atoms with Crippen LogP contribution >= 0.6 is 0 Å². The average molecular weight is 395 g/mol. The zero-order chi connectivity index (χ0) is 20.8. The second-order valence-corrected chi connectivity index (χ2v) is 8.61. The number of nitrogens with zero attached hydrogens (tertiary/aromatic N) is 1. The molecule has 0 aliphatic carbocycles. The molecule has 27 heavy (non-hydrogen) atoms. The first kappa shape index (κ1) is 22.6. The van der Waals surface area contributed by atoms with Gasteiger partial charge in [0.2, 0.25) is 10.0 Å². The van der Waals surface area contributed by atoms with E-state index >= 15 is 0 Å². The molecule has 0 saturated heterocycles. The lowest BCUT2D eigenvalue weighted by molar-refractivity contribution is -0.125. The summed E-state index contributed by atoms with van der Waals surface area (Å²) in [5.74, 6) is -1.60. The molecule has 0 bridgehead atoms. The summed E-state index contributed by atoms with van der Waals surface area (Å²) < 4.78 is 31.7. The zero-order valence-electron chi connectivity index (χ0n) is 16.1. The summed E-state index contributed by atoms with van der Waals surface area (Å²) in [6.45, 7) is 7.93. The molecule has 0 radical (unpaired) electrons. The normalized spacial score (nSPS) is 13.7. The van der Waals surface area contributed by atoms with Gasteiger partial charge in [-0.2, -0.15) is 5.26 Å². The number of nitrogens with one attached hydrogen (secondary N) is 2. The largest absolute Gasteiger partial charge is 0.452 e. The van der Waals surface area contributed by atoms with Crippen molar-refractivity contribution in [1.82, 2.24) is 10.0 Å². The van der Waals surface area contributed by atoms with Gasteiger partial charge in [0.1, 0.15) is 5.54 Å². The maximum atomic E-state index is 12.2. The molecule has 0 aliphatic heterocycles. The fourth-order valence-corrected chi connectivity index (χ4v) is 3.31. The standard InChI is InChI=1S/C18H25N3O5S/c1-12(2)18(5,11-19)20-16(22)10-26-17(23)14-7-6-8-15(9-14)27(24,25)21-13(3)4/h6-9,12-13,21H,10H2,1-5H3,(H,20,22)/t18-/m0/s1. The van der Waals surface area contributed by atoms with Crippen LogP contribution in [0.4, 0.5) is 0 Å². The molecule has 1 amide bonds. The van der Waals surface area contributed by atoms with Crippen molar-refractivity contribution in [3.63, 3.8) is 0 Å². The van der Waals surface area contributed by atoms with E-state index in [0.717, 1.165) is 0 Å². The highest BCUT2D eigenvalue weighted by molar-refractivity contribution is 7.89. The number of nitriles is 1. The topological polar surface area (TPSA) is 125 Å². The molecule has 1 rings (SSSR count). The summed E-state index contributed by atoms with van der Waals surface area (Å²) >= 11 is 0. The monoisotopic (exact) mass is 395 g/mol. The van der Waals surface area contributed by atoms with Gasteiger partial charge in [0.15, 0.2) is 6.61 Å². The Hall–Kier alpha value is -2.44. The minimum atomic E-state index is -3.76. The van der Waals surface area contributed by atoms with Gasteiger partial charge in [-0.1, -0.05) is 19.9 Å². The van der Waals surface area contributed by atoms with E-state index < -0.39 is 34.0 Å². The highest BCUT2D eigenvalue weighted by Gasteiger charge is 2.30. The predicted molar refractivity (Wildman–Crippen MR) is 99.2 cm³/mol. The van der Waals surface area contributed by atoms with Crippen LogP contribution in [0.1, 0.15) is 45.0 Å². The molecule has 0 heterocycles. The Morgan fingerprint density at radius 3 is 2.41 bits per heavy atom. The van der Waals surface area contributed by atoms with Crippen molar-refractivity contribution in [1.29, 1.82) is 5.26 Å². The quantitative estimate of drug-likeness (QED) is 0.644. The molecule has 9 heteroatoms. The molecule has 0 aliphatic rings. The van der Waals surface area contributed by atoms with Crippen molar-refractivity contribution in [3.05, 3.63) is 29.8 Å². The van der Waals surface area contributed by atoms with Gasteiger partial charge in [-0.05, 0) is 44.9 Å². The molecule has 0 unspecified atom stereocenters. The number of benzene rings is 1. The number of hydrogen-bond donors (Lipinski definition) is 2. The van der Waals surface area contributed by atoms with Gasteiger partial charge in [0.05, 0.1) is 16.5 Å². The molecule has 8 nitrogen and oxygen atoms in total. The first-order chi connectivity index (χ1) is 12.4. The molecule has 0 spiro atoms. The fourth-order valence-electron chi connectivity index (χ4n) is 2.01. The number of carbonyl (C=O) groups is 2. The molecule has 1 aromatic rings. The third-order valence-electron chi connectivity index (χ3n) is 3.89. The minimum absolute atomic E-state index is 0.00124. The SMILES string of the molecule is CC(C)NS(=O)(=O)c1cccc(C(=O)OCC(=O)N[C@@](C)(C#N)C(C)C)c1. The van der Waals surface area contributed by atoms with Crippen LogP contribution in [-0.4, -0.2) is 38.5 Å². The summed E-state index contributed by atoms with van der Waals surface area (Å²) in [5.41, 5.74) is -1.08. The van der Waals surface area contributed by atoms with E-state index in [1.54, 1.807) is 34.6 Å². The number of sulfonamides is 1. The van der Waals surface area contributed by atoms with Gasteiger partial charge >= 0.3 is 5.97 Å². The van der Waals surface area contributed by atoms with Crippen LogP contribution in [0.2, 0.25) is 0 Å². The Morgan fingerprint density at radius 1 is 1.26 bits per heavy atom. The maximum Gasteiger partial charge on any atom is 0.338 e. The molecular formula is C18H25N3O5S. The number of hydrogen-bond acceptors (Lipinski definition) is 6. The lowest BCUT2D eigenvalue weighted by Crippen LogP contribution is -2.50. The van der Waals surface area contributed by atoms with E-state index in [4.69, 9.17) is 4.74 Å². The van der Waals surface area contributed by atoms with Gasteiger partial charge in [0, 0.05) is 6.04 Å². The summed E-state index contributed by atoms with van der Waals surface area (Å²) in [6.07, 6.45) is 0. The first-order valence-corrected chi connectivity index (χ1v) is 9.91. The van der Waals surface area contributed by atoms with Crippen LogP contribution in [0, 0.1) is 17.2 Å². The summed E-state index contributed by atoms with van der Waals surface area (Å²) in [5, 5.41) is 11.7. The molecule has 2 N–H and O–H groups in total. The summed E-state index contributed by atoms with van der Waals surface area (Å²) in [4.78, 5) is 24.0. The van der Waals surface area contributed by atoms with Gasteiger partial charge in [-0.3, -0.25) is 4.79 Å². The van der Waals surface area contributed by atoms with Crippen LogP contribution < -0.4 is 10.0 Å². The van der Waals surface area contributed by atoms with E-state index in [-0.39, 0.29) is 22.4 Å². The Balaban J connectivity index is 2.81. The van der Waals surface area contributed by atoms with Crippen LogP contribution in [0.3, 0.4) is 0 Å². The van der Waals surface area contributed by atoms with Crippen molar-refractivity contribution in [2.45, 2.75) is 51.1 Å². The summed E-state index contributed by atoms with van der Waals surface area (Å²) in [6, 6.07) is 7.06. The molecule has 148 valence electrons. The Kier molecular flexibility index (Phi) is 7.51. The molecule has 1 atom stereocenters. The highest BCUT2D eigenvalue weighted by Crippen LogP contribution is 2.15. The minimum Gasteiger partial charge on any atom is -0.452 e.